The average Bonchev–Trinajstić information content (AvgIpc) is 3.27. The van der Waals surface area contributed by atoms with Crippen LogP contribution in [0.25, 0.3) is 16.9 Å². The standard InChI is InChI=1S/C27H24N4O3/c1-19-10-6-7-13-21(19)17-29-18-28-25-24(29)26(32)30(16-20-11-4-3-5-12-20)27(33)31(25)22-14-8-9-15-23(22)34-2/h3-15,18H,16-17H2,1-2H3. The number of aryl methyl sites for hydroxylation is 1. The highest BCUT2D eigenvalue weighted by Gasteiger charge is 2.21. The van der Waals surface area contributed by atoms with Crippen molar-refractivity contribution in [3.63, 3.8) is 0 Å². The van der Waals surface area contributed by atoms with Crippen LogP contribution >= 0.6 is 0 Å². The summed E-state index contributed by atoms with van der Waals surface area (Å²) in [6.07, 6.45) is 1.62. The summed E-state index contributed by atoms with van der Waals surface area (Å²) in [7, 11) is 1.55. The number of nitrogens with zero attached hydrogens (tertiary/aromatic N) is 4. The van der Waals surface area contributed by atoms with Gasteiger partial charge in [0.15, 0.2) is 11.2 Å². The SMILES string of the molecule is COc1ccccc1-n1c(=O)n(Cc2ccccc2)c(=O)c2c1ncn2Cc1ccccc1C. The summed E-state index contributed by atoms with van der Waals surface area (Å²) < 4.78 is 10.1. The molecule has 2 aromatic heterocycles. The van der Waals surface area contributed by atoms with Crippen LogP contribution in [0.2, 0.25) is 0 Å². The van der Waals surface area contributed by atoms with Crippen molar-refractivity contribution < 1.29 is 4.74 Å². The van der Waals surface area contributed by atoms with Crippen LogP contribution in [0.1, 0.15) is 16.7 Å². The fraction of sp³-hybridized carbons (Fsp3) is 0.148. The van der Waals surface area contributed by atoms with Gasteiger partial charge in [-0.15, -0.1) is 0 Å². The summed E-state index contributed by atoms with van der Waals surface area (Å²) in [6.45, 7) is 2.65. The molecule has 0 amide bonds. The average molecular weight is 453 g/mol. The Morgan fingerprint density at radius 1 is 0.853 bits per heavy atom. The molecule has 0 spiro atoms. The monoisotopic (exact) mass is 452 g/mol. The molecule has 2 heterocycles. The normalized spacial score (nSPS) is 11.1. The van der Waals surface area contributed by atoms with E-state index in [4.69, 9.17) is 4.74 Å². The number of ether oxygens (including phenoxy) is 1. The zero-order valence-corrected chi connectivity index (χ0v) is 19.0. The Balaban J connectivity index is 1.80. The van der Waals surface area contributed by atoms with Gasteiger partial charge >= 0.3 is 5.69 Å². The Kier molecular flexibility index (Phi) is 5.59. The fourth-order valence-electron chi connectivity index (χ4n) is 4.21. The van der Waals surface area contributed by atoms with Gasteiger partial charge in [0, 0.05) is 6.54 Å². The summed E-state index contributed by atoms with van der Waals surface area (Å²) in [5.74, 6) is 0.518. The molecule has 7 nitrogen and oxygen atoms in total. The summed E-state index contributed by atoms with van der Waals surface area (Å²) in [5.41, 5.74) is 3.41. The maximum absolute atomic E-state index is 13.7. The smallest absolute Gasteiger partial charge is 0.337 e. The zero-order chi connectivity index (χ0) is 23.7. The third-order valence-corrected chi connectivity index (χ3v) is 6.01. The number of hydrogen-bond acceptors (Lipinski definition) is 4. The largest absolute Gasteiger partial charge is 0.495 e. The lowest BCUT2D eigenvalue weighted by Crippen LogP contribution is -2.40. The molecule has 0 saturated heterocycles. The van der Waals surface area contributed by atoms with E-state index in [1.165, 1.54) is 9.13 Å². The van der Waals surface area contributed by atoms with Crippen molar-refractivity contribution in [2.24, 2.45) is 0 Å². The first-order valence-electron chi connectivity index (χ1n) is 11.0. The molecule has 5 aromatic rings. The molecule has 0 unspecified atom stereocenters. The lowest BCUT2D eigenvalue weighted by atomic mass is 10.1. The predicted molar refractivity (Wildman–Crippen MR) is 132 cm³/mol. The van der Waals surface area contributed by atoms with Crippen LogP contribution in [-0.2, 0) is 13.1 Å². The van der Waals surface area contributed by atoms with E-state index in [0.29, 0.717) is 29.1 Å². The van der Waals surface area contributed by atoms with Crippen LogP contribution < -0.4 is 16.0 Å². The van der Waals surface area contributed by atoms with E-state index in [1.54, 1.807) is 25.6 Å². The van der Waals surface area contributed by atoms with Crippen molar-refractivity contribution in [2.45, 2.75) is 20.0 Å². The van der Waals surface area contributed by atoms with Gasteiger partial charge in [-0.2, -0.15) is 0 Å². The van der Waals surface area contributed by atoms with Gasteiger partial charge in [0.1, 0.15) is 5.75 Å². The Labute approximate surface area is 196 Å². The molecule has 0 aliphatic rings. The zero-order valence-electron chi connectivity index (χ0n) is 19.0. The lowest BCUT2D eigenvalue weighted by Gasteiger charge is -2.15. The first-order valence-corrected chi connectivity index (χ1v) is 11.0. The molecule has 3 aromatic carbocycles. The van der Waals surface area contributed by atoms with Crippen LogP contribution in [-0.4, -0.2) is 25.8 Å². The molecule has 0 radical (unpaired) electrons. The second-order valence-corrected chi connectivity index (χ2v) is 8.14. The molecule has 0 N–H and O–H groups in total. The first kappa shape index (κ1) is 21.5. The fourth-order valence-corrected chi connectivity index (χ4v) is 4.21. The highest BCUT2D eigenvalue weighted by atomic mass is 16.5. The van der Waals surface area contributed by atoms with Crippen LogP contribution in [0.15, 0.2) is 94.8 Å². The molecule has 5 rings (SSSR count). The highest BCUT2D eigenvalue weighted by Crippen LogP contribution is 2.23. The van der Waals surface area contributed by atoms with Crippen molar-refractivity contribution in [3.05, 3.63) is 123 Å². The van der Waals surface area contributed by atoms with Crippen LogP contribution in [0.4, 0.5) is 0 Å². The lowest BCUT2D eigenvalue weighted by molar-refractivity contribution is 0.412. The first-order chi connectivity index (χ1) is 16.6. The molecular formula is C27H24N4O3. The summed E-state index contributed by atoms with van der Waals surface area (Å²) in [5, 5.41) is 0. The molecule has 170 valence electrons. The van der Waals surface area contributed by atoms with Gasteiger partial charge in [-0.1, -0.05) is 66.7 Å². The highest BCUT2D eigenvalue weighted by molar-refractivity contribution is 5.73. The third kappa shape index (κ3) is 3.71. The van der Waals surface area contributed by atoms with Crippen molar-refractivity contribution in [1.29, 1.82) is 0 Å². The maximum atomic E-state index is 13.7. The number of hydrogen-bond donors (Lipinski definition) is 0. The minimum Gasteiger partial charge on any atom is -0.495 e. The number of para-hydroxylation sites is 2. The second-order valence-electron chi connectivity index (χ2n) is 8.14. The van der Waals surface area contributed by atoms with Crippen LogP contribution in [0.3, 0.4) is 0 Å². The Morgan fingerprint density at radius 2 is 1.56 bits per heavy atom. The molecule has 0 aliphatic heterocycles. The van der Waals surface area contributed by atoms with E-state index >= 15 is 0 Å². The van der Waals surface area contributed by atoms with Crippen molar-refractivity contribution >= 4 is 11.2 Å². The molecule has 0 aliphatic carbocycles. The van der Waals surface area contributed by atoms with Gasteiger partial charge in [0.2, 0.25) is 0 Å². The topological polar surface area (TPSA) is 71.1 Å². The number of imidazole rings is 1. The Bertz CT molecular complexity index is 1600. The maximum Gasteiger partial charge on any atom is 0.337 e. The minimum atomic E-state index is -0.466. The third-order valence-electron chi connectivity index (χ3n) is 6.01. The van der Waals surface area contributed by atoms with Gasteiger partial charge < -0.3 is 9.30 Å². The molecule has 34 heavy (non-hydrogen) atoms. The molecular weight excluding hydrogens is 428 g/mol. The molecule has 0 bridgehead atoms. The van der Waals surface area contributed by atoms with Gasteiger partial charge in [-0.25, -0.2) is 14.3 Å². The quantitative estimate of drug-likeness (QED) is 0.393. The predicted octanol–water partition coefficient (Wildman–Crippen LogP) is 3.76. The minimum absolute atomic E-state index is 0.152. The van der Waals surface area contributed by atoms with E-state index in [0.717, 1.165) is 16.7 Å². The van der Waals surface area contributed by atoms with Crippen molar-refractivity contribution in [1.82, 2.24) is 18.7 Å². The van der Waals surface area contributed by atoms with Gasteiger partial charge in [-0.05, 0) is 35.7 Å². The number of rotatable bonds is 6. The van der Waals surface area contributed by atoms with E-state index in [1.807, 2.05) is 78.2 Å². The van der Waals surface area contributed by atoms with E-state index < -0.39 is 5.69 Å². The molecule has 7 heteroatoms. The molecule has 0 saturated carbocycles. The van der Waals surface area contributed by atoms with Crippen LogP contribution in [0, 0.1) is 6.92 Å². The number of fused-ring (bicyclic) bond motifs is 1. The summed E-state index contributed by atoms with van der Waals surface area (Å²) >= 11 is 0. The Hall–Kier alpha value is -4.39. The molecule has 0 atom stereocenters. The van der Waals surface area contributed by atoms with Crippen LogP contribution in [0.5, 0.6) is 5.75 Å². The Morgan fingerprint density at radius 3 is 2.32 bits per heavy atom. The van der Waals surface area contributed by atoms with Crippen molar-refractivity contribution in [3.8, 4) is 11.4 Å². The van der Waals surface area contributed by atoms with Gasteiger partial charge in [0.25, 0.3) is 5.56 Å². The second kappa shape index (κ2) is 8.86. The van der Waals surface area contributed by atoms with Gasteiger partial charge in [-0.3, -0.25) is 9.36 Å². The van der Waals surface area contributed by atoms with E-state index in [-0.39, 0.29) is 12.1 Å². The molecule has 0 fully saturated rings. The van der Waals surface area contributed by atoms with Gasteiger partial charge in [0.05, 0.1) is 25.7 Å². The summed E-state index contributed by atoms with van der Waals surface area (Å²) in [6, 6.07) is 24.7. The van der Waals surface area contributed by atoms with E-state index in [9.17, 15) is 9.59 Å². The van der Waals surface area contributed by atoms with E-state index in [2.05, 4.69) is 4.98 Å². The number of aromatic nitrogens is 4. The summed E-state index contributed by atoms with van der Waals surface area (Å²) in [4.78, 5) is 31.9. The number of benzene rings is 3. The number of methoxy groups -OCH3 is 1. The van der Waals surface area contributed by atoms with Crippen molar-refractivity contribution in [2.75, 3.05) is 7.11 Å².